The highest BCUT2D eigenvalue weighted by atomic mass is 14.3. The van der Waals surface area contributed by atoms with E-state index < -0.39 is 0 Å². The molecule has 1 aliphatic carbocycles. The van der Waals surface area contributed by atoms with Crippen molar-refractivity contribution in [2.75, 3.05) is 0 Å². The Hall–Kier alpha value is -1.82. The fourth-order valence-electron chi connectivity index (χ4n) is 3.79. The fourth-order valence-corrected chi connectivity index (χ4v) is 3.79. The first-order valence-electron chi connectivity index (χ1n) is 8.33. The molecule has 2 aromatic carbocycles. The van der Waals surface area contributed by atoms with E-state index in [4.69, 9.17) is 0 Å². The smallest absolute Gasteiger partial charge is 0.00527 e. The van der Waals surface area contributed by atoms with Crippen molar-refractivity contribution in [1.82, 2.24) is 0 Å². The maximum absolute atomic E-state index is 2.38. The van der Waals surface area contributed by atoms with Crippen LogP contribution in [0.15, 0.2) is 59.7 Å². The van der Waals surface area contributed by atoms with Crippen LogP contribution in [0.4, 0.5) is 0 Å². The molecular formula is C22H26. The van der Waals surface area contributed by atoms with Gasteiger partial charge in [-0.25, -0.2) is 0 Å². The van der Waals surface area contributed by atoms with E-state index in [9.17, 15) is 0 Å². The van der Waals surface area contributed by atoms with E-state index in [1.54, 1.807) is 11.1 Å². The highest BCUT2D eigenvalue weighted by Crippen LogP contribution is 2.46. The van der Waals surface area contributed by atoms with E-state index in [2.05, 4.69) is 76.2 Å². The van der Waals surface area contributed by atoms with Gasteiger partial charge in [0.2, 0.25) is 0 Å². The lowest BCUT2D eigenvalue weighted by Crippen LogP contribution is -2.18. The van der Waals surface area contributed by atoms with Crippen LogP contribution in [0.2, 0.25) is 0 Å². The quantitative estimate of drug-likeness (QED) is 0.569. The summed E-state index contributed by atoms with van der Waals surface area (Å²) in [7, 11) is 0. The maximum Gasteiger partial charge on any atom is -0.00527 e. The summed E-state index contributed by atoms with van der Waals surface area (Å²) in [6.45, 7) is 9.01. The summed E-state index contributed by atoms with van der Waals surface area (Å²) < 4.78 is 0. The first kappa shape index (κ1) is 15.1. The van der Waals surface area contributed by atoms with Crippen LogP contribution in [0, 0.1) is 13.8 Å². The van der Waals surface area contributed by atoms with E-state index in [0.29, 0.717) is 11.8 Å². The van der Waals surface area contributed by atoms with Gasteiger partial charge in [0.1, 0.15) is 0 Å². The van der Waals surface area contributed by atoms with Gasteiger partial charge in [-0.1, -0.05) is 70.8 Å². The molecule has 0 N–H and O–H groups in total. The summed E-state index contributed by atoms with van der Waals surface area (Å²) in [5.41, 5.74) is 8.89. The third-order valence-corrected chi connectivity index (χ3v) is 5.21. The molecule has 22 heavy (non-hydrogen) atoms. The van der Waals surface area contributed by atoms with Crippen LogP contribution < -0.4 is 0 Å². The highest BCUT2D eigenvalue weighted by Gasteiger charge is 2.29. The number of rotatable bonds is 2. The first-order chi connectivity index (χ1) is 10.5. The lowest BCUT2D eigenvalue weighted by Gasteiger charge is -2.34. The Bertz CT molecular complexity index is 644. The molecule has 0 heteroatoms. The average molecular weight is 290 g/mol. The Kier molecular flexibility index (Phi) is 4.20. The van der Waals surface area contributed by atoms with Gasteiger partial charge < -0.3 is 0 Å². The molecule has 0 amide bonds. The predicted octanol–water partition coefficient (Wildman–Crippen LogP) is 6.30. The molecule has 0 heterocycles. The van der Waals surface area contributed by atoms with Gasteiger partial charge in [-0.15, -0.1) is 0 Å². The highest BCUT2D eigenvalue weighted by molar-refractivity contribution is 5.37. The van der Waals surface area contributed by atoms with E-state index >= 15 is 0 Å². The van der Waals surface area contributed by atoms with Gasteiger partial charge in [-0.3, -0.25) is 0 Å². The third-order valence-electron chi connectivity index (χ3n) is 5.21. The number of aryl methyl sites for hydroxylation is 2. The van der Waals surface area contributed by atoms with Crippen LogP contribution >= 0.6 is 0 Å². The second-order valence-electron chi connectivity index (χ2n) is 7.01. The molecule has 0 radical (unpaired) electrons. The average Bonchev–Trinajstić information content (AvgIpc) is 2.49. The Morgan fingerprint density at radius 1 is 0.636 bits per heavy atom. The van der Waals surface area contributed by atoms with Crippen molar-refractivity contribution in [3.63, 3.8) is 0 Å². The zero-order chi connectivity index (χ0) is 15.7. The molecule has 0 bridgehead atoms. The van der Waals surface area contributed by atoms with E-state index in [1.807, 2.05) is 0 Å². The molecule has 0 aromatic heterocycles. The van der Waals surface area contributed by atoms with Crippen LogP contribution in [0.25, 0.3) is 0 Å². The van der Waals surface area contributed by atoms with Crippen molar-refractivity contribution in [1.29, 1.82) is 0 Å². The van der Waals surface area contributed by atoms with Crippen LogP contribution in [0.1, 0.15) is 60.8 Å². The van der Waals surface area contributed by atoms with Gasteiger partial charge in [0.05, 0.1) is 0 Å². The van der Waals surface area contributed by atoms with Crippen LogP contribution in [0.3, 0.4) is 0 Å². The molecule has 0 nitrogen and oxygen atoms in total. The lowest BCUT2D eigenvalue weighted by molar-refractivity contribution is 0.496. The third kappa shape index (κ3) is 3.02. The Labute approximate surface area is 134 Å². The second-order valence-corrected chi connectivity index (χ2v) is 7.01. The van der Waals surface area contributed by atoms with Crippen LogP contribution in [0.5, 0.6) is 0 Å². The fraction of sp³-hybridized carbons (Fsp3) is 0.364. The molecule has 2 atom stereocenters. The number of benzene rings is 2. The summed E-state index contributed by atoms with van der Waals surface area (Å²) in [5.74, 6) is 1.20. The predicted molar refractivity (Wildman–Crippen MR) is 95.4 cm³/mol. The molecule has 0 aliphatic heterocycles. The SMILES string of the molecule is CC1=C(C)C[C@H](c2cccc(C)c2)[C@@H](c2cccc(C)c2)C1. The normalized spacial score (nSPS) is 22.0. The Balaban J connectivity index is 2.04. The molecular weight excluding hydrogens is 264 g/mol. The first-order valence-corrected chi connectivity index (χ1v) is 8.33. The second kappa shape index (κ2) is 6.12. The number of allylic oxidation sites excluding steroid dienone is 2. The summed E-state index contributed by atoms with van der Waals surface area (Å²) in [4.78, 5) is 0. The summed E-state index contributed by atoms with van der Waals surface area (Å²) in [6, 6.07) is 18.2. The molecule has 114 valence electrons. The summed E-state index contributed by atoms with van der Waals surface area (Å²) in [5, 5.41) is 0. The molecule has 1 aliphatic rings. The lowest BCUT2D eigenvalue weighted by atomic mass is 9.70. The van der Waals surface area contributed by atoms with Crippen molar-refractivity contribution in [2.45, 2.75) is 52.4 Å². The molecule has 2 aromatic rings. The van der Waals surface area contributed by atoms with Crippen molar-refractivity contribution in [3.05, 3.63) is 81.9 Å². The van der Waals surface area contributed by atoms with Crippen LogP contribution in [-0.4, -0.2) is 0 Å². The van der Waals surface area contributed by atoms with Gasteiger partial charge >= 0.3 is 0 Å². The number of hydrogen-bond donors (Lipinski definition) is 0. The summed E-state index contributed by atoms with van der Waals surface area (Å²) in [6.07, 6.45) is 2.38. The van der Waals surface area contributed by atoms with Gasteiger partial charge in [0, 0.05) is 0 Å². The molecule has 0 fully saturated rings. The molecule has 0 unspecified atom stereocenters. The van der Waals surface area contributed by atoms with Gasteiger partial charge in [0.25, 0.3) is 0 Å². The number of hydrogen-bond acceptors (Lipinski definition) is 0. The minimum atomic E-state index is 0.602. The van der Waals surface area contributed by atoms with Gasteiger partial charge in [-0.05, 0) is 63.5 Å². The minimum absolute atomic E-state index is 0.602. The topological polar surface area (TPSA) is 0 Å². The Morgan fingerprint density at radius 2 is 1.05 bits per heavy atom. The summed E-state index contributed by atoms with van der Waals surface area (Å²) >= 11 is 0. The minimum Gasteiger partial charge on any atom is -0.0737 e. The van der Waals surface area contributed by atoms with Crippen molar-refractivity contribution >= 4 is 0 Å². The van der Waals surface area contributed by atoms with E-state index in [-0.39, 0.29) is 0 Å². The molecule has 0 saturated carbocycles. The van der Waals surface area contributed by atoms with Gasteiger partial charge in [-0.2, -0.15) is 0 Å². The van der Waals surface area contributed by atoms with Crippen molar-refractivity contribution in [3.8, 4) is 0 Å². The largest absolute Gasteiger partial charge is 0.0737 e. The standard InChI is InChI=1S/C22H26/c1-15-7-5-9-19(11-15)21-13-17(3)18(4)14-22(21)20-10-6-8-16(2)12-20/h5-12,21-22H,13-14H2,1-4H3/t21-,22-/m1/s1. The monoisotopic (exact) mass is 290 g/mol. The van der Waals surface area contributed by atoms with E-state index in [1.165, 1.54) is 35.1 Å². The van der Waals surface area contributed by atoms with Crippen molar-refractivity contribution in [2.24, 2.45) is 0 Å². The van der Waals surface area contributed by atoms with E-state index in [0.717, 1.165) is 0 Å². The zero-order valence-corrected chi connectivity index (χ0v) is 14.2. The Morgan fingerprint density at radius 3 is 1.41 bits per heavy atom. The molecule has 0 spiro atoms. The molecule has 3 rings (SSSR count). The van der Waals surface area contributed by atoms with Crippen molar-refractivity contribution < 1.29 is 0 Å². The zero-order valence-electron chi connectivity index (χ0n) is 14.2. The van der Waals surface area contributed by atoms with Crippen LogP contribution in [-0.2, 0) is 0 Å². The maximum atomic E-state index is 2.38. The van der Waals surface area contributed by atoms with Gasteiger partial charge in [0.15, 0.2) is 0 Å². The molecule has 0 saturated heterocycles.